The molecule has 0 spiro atoms. The first-order chi connectivity index (χ1) is 13.2. The van der Waals surface area contributed by atoms with E-state index < -0.39 is 0 Å². The van der Waals surface area contributed by atoms with Gasteiger partial charge < -0.3 is 9.80 Å². The van der Waals surface area contributed by atoms with Crippen LogP contribution < -0.4 is 0 Å². The van der Waals surface area contributed by atoms with Crippen molar-refractivity contribution in [1.29, 1.82) is 0 Å². The van der Waals surface area contributed by atoms with E-state index in [9.17, 15) is 9.59 Å². The number of nitrogens with zero attached hydrogens (tertiary/aromatic N) is 3. The molecule has 5 rings (SSSR count). The van der Waals surface area contributed by atoms with Crippen molar-refractivity contribution in [2.75, 3.05) is 19.6 Å². The number of aryl methyl sites for hydroxylation is 1. The third-order valence-corrected chi connectivity index (χ3v) is 5.72. The van der Waals surface area contributed by atoms with Gasteiger partial charge in [-0.1, -0.05) is 18.2 Å². The number of aromatic nitrogens is 1. The molecule has 3 aliphatic rings. The standard InChI is InChI=1S/C22H25N3O2/c26-21(9-7-17-10-12-23-13-11-17)25-15-18-6-8-20(25)16-24(14-18)22(27)19-4-2-1-3-5-19/h1-5,10-13,18,20H,6-9,14-16H2/t18-,20+/m1/s1. The maximum Gasteiger partial charge on any atom is 0.253 e. The zero-order valence-corrected chi connectivity index (χ0v) is 15.5. The molecule has 5 heteroatoms. The van der Waals surface area contributed by atoms with Gasteiger partial charge >= 0.3 is 0 Å². The number of fused-ring (bicyclic) bond motifs is 4. The summed E-state index contributed by atoms with van der Waals surface area (Å²) in [5.74, 6) is 0.662. The number of rotatable bonds is 4. The second kappa shape index (κ2) is 7.91. The molecule has 140 valence electrons. The molecule has 0 unspecified atom stereocenters. The number of piperidine rings is 1. The van der Waals surface area contributed by atoms with Gasteiger partial charge in [-0.05, 0) is 55.0 Å². The van der Waals surface area contributed by atoms with Gasteiger partial charge in [0.25, 0.3) is 5.91 Å². The van der Waals surface area contributed by atoms with Crippen LogP contribution in [0.4, 0.5) is 0 Å². The van der Waals surface area contributed by atoms with E-state index in [1.165, 1.54) is 0 Å². The fourth-order valence-corrected chi connectivity index (χ4v) is 4.26. The maximum absolute atomic E-state index is 12.9. The number of carbonyl (C=O) groups excluding carboxylic acids is 2. The van der Waals surface area contributed by atoms with Gasteiger partial charge in [-0.25, -0.2) is 0 Å². The van der Waals surface area contributed by atoms with Gasteiger partial charge in [0.05, 0.1) is 0 Å². The van der Waals surface area contributed by atoms with Crippen LogP contribution in [-0.2, 0) is 11.2 Å². The highest BCUT2D eigenvalue weighted by Gasteiger charge is 2.38. The Hall–Kier alpha value is -2.69. The number of amides is 2. The minimum absolute atomic E-state index is 0.0820. The maximum atomic E-state index is 12.9. The van der Waals surface area contributed by atoms with Crippen molar-refractivity contribution in [2.45, 2.75) is 31.7 Å². The number of hydrogen-bond donors (Lipinski definition) is 0. The molecule has 3 saturated heterocycles. The Morgan fingerprint density at radius 3 is 2.52 bits per heavy atom. The molecule has 3 fully saturated rings. The second-order valence-corrected chi connectivity index (χ2v) is 7.57. The molecule has 2 aromatic rings. The quantitative estimate of drug-likeness (QED) is 0.839. The lowest BCUT2D eigenvalue weighted by atomic mass is 9.94. The van der Waals surface area contributed by atoms with Crippen molar-refractivity contribution in [2.24, 2.45) is 5.92 Å². The highest BCUT2D eigenvalue weighted by molar-refractivity contribution is 5.94. The number of benzene rings is 1. The van der Waals surface area contributed by atoms with Gasteiger partial charge in [0.2, 0.25) is 5.91 Å². The number of carbonyl (C=O) groups is 2. The van der Waals surface area contributed by atoms with Crippen molar-refractivity contribution < 1.29 is 9.59 Å². The van der Waals surface area contributed by atoms with E-state index in [1.54, 1.807) is 12.4 Å². The van der Waals surface area contributed by atoms with Gasteiger partial charge in [-0.15, -0.1) is 0 Å². The first-order valence-corrected chi connectivity index (χ1v) is 9.73. The zero-order valence-electron chi connectivity index (χ0n) is 15.5. The third-order valence-electron chi connectivity index (χ3n) is 5.72. The minimum Gasteiger partial charge on any atom is -0.338 e. The predicted octanol–water partition coefficient (Wildman–Crippen LogP) is 2.78. The molecule has 1 aromatic heterocycles. The van der Waals surface area contributed by atoms with Gasteiger partial charge in [-0.2, -0.15) is 0 Å². The highest BCUT2D eigenvalue weighted by Crippen LogP contribution is 2.29. The Morgan fingerprint density at radius 2 is 1.74 bits per heavy atom. The lowest BCUT2D eigenvalue weighted by Gasteiger charge is -2.36. The van der Waals surface area contributed by atoms with Gasteiger partial charge in [0.15, 0.2) is 0 Å². The van der Waals surface area contributed by atoms with Crippen LogP contribution in [0.2, 0.25) is 0 Å². The molecule has 4 heterocycles. The fraction of sp³-hybridized carbons (Fsp3) is 0.409. The summed E-state index contributed by atoms with van der Waals surface area (Å²) >= 11 is 0. The van der Waals surface area contributed by atoms with E-state index in [-0.39, 0.29) is 17.9 Å². The van der Waals surface area contributed by atoms with Crippen LogP contribution in [0.15, 0.2) is 54.9 Å². The Labute approximate surface area is 160 Å². The molecular formula is C22H25N3O2. The lowest BCUT2D eigenvalue weighted by Crippen LogP contribution is -2.47. The molecule has 1 aromatic carbocycles. The average Bonchev–Trinajstić information content (AvgIpc) is 3.05. The topological polar surface area (TPSA) is 53.5 Å². The van der Waals surface area contributed by atoms with Crippen LogP contribution >= 0.6 is 0 Å². The lowest BCUT2D eigenvalue weighted by molar-refractivity contribution is -0.135. The molecule has 5 nitrogen and oxygen atoms in total. The smallest absolute Gasteiger partial charge is 0.253 e. The van der Waals surface area contributed by atoms with Crippen molar-refractivity contribution in [3.05, 3.63) is 66.0 Å². The van der Waals surface area contributed by atoms with E-state index in [4.69, 9.17) is 0 Å². The van der Waals surface area contributed by atoms with E-state index >= 15 is 0 Å². The SMILES string of the molecule is O=C(c1ccccc1)N1C[C@H]2CC[C@@H](C1)N(C(=O)CCc1ccncc1)C2. The van der Waals surface area contributed by atoms with Crippen molar-refractivity contribution in [1.82, 2.24) is 14.8 Å². The summed E-state index contributed by atoms with van der Waals surface area (Å²) in [6, 6.07) is 13.5. The molecule has 3 aliphatic heterocycles. The van der Waals surface area contributed by atoms with Crippen LogP contribution in [0.3, 0.4) is 0 Å². The molecule has 2 amide bonds. The fourth-order valence-electron chi connectivity index (χ4n) is 4.26. The van der Waals surface area contributed by atoms with Crippen molar-refractivity contribution >= 4 is 11.8 Å². The first kappa shape index (κ1) is 17.7. The number of pyridine rings is 1. The van der Waals surface area contributed by atoms with Crippen LogP contribution in [-0.4, -0.2) is 52.3 Å². The molecule has 0 aliphatic carbocycles. The molecule has 27 heavy (non-hydrogen) atoms. The zero-order chi connectivity index (χ0) is 18.6. The van der Waals surface area contributed by atoms with E-state index in [0.717, 1.165) is 43.5 Å². The predicted molar refractivity (Wildman–Crippen MR) is 103 cm³/mol. The van der Waals surface area contributed by atoms with Crippen molar-refractivity contribution in [3.63, 3.8) is 0 Å². The molecule has 0 N–H and O–H groups in total. The van der Waals surface area contributed by atoms with Crippen molar-refractivity contribution in [3.8, 4) is 0 Å². The second-order valence-electron chi connectivity index (χ2n) is 7.57. The summed E-state index contributed by atoms with van der Waals surface area (Å²) in [5.41, 5.74) is 1.87. The van der Waals surface area contributed by atoms with Crippen LogP contribution in [0.25, 0.3) is 0 Å². The molecular weight excluding hydrogens is 338 g/mol. The van der Waals surface area contributed by atoms with E-state index in [0.29, 0.717) is 18.9 Å². The molecule has 2 atom stereocenters. The third kappa shape index (κ3) is 4.02. The van der Waals surface area contributed by atoms with Gasteiger partial charge in [0, 0.05) is 50.1 Å². The molecule has 2 bridgehead atoms. The van der Waals surface area contributed by atoms with Gasteiger partial charge in [0.1, 0.15) is 0 Å². The summed E-state index contributed by atoms with van der Waals surface area (Å²) in [5, 5.41) is 0. The van der Waals surface area contributed by atoms with Crippen LogP contribution in [0.1, 0.15) is 35.2 Å². The Bertz CT molecular complexity index is 794. The first-order valence-electron chi connectivity index (χ1n) is 9.73. The van der Waals surface area contributed by atoms with Crippen LogP contribution in [0, 0.1) is 5.92 Å². The summed E-state index contributed by atoms with van der Waals surface area (Å²) in [6.07, 6.45) is 6.87. The highest BCUT2D eigenvalue weighted by atomic mass is 16.2. The molecule has 0 saturated carbocycles. The monoisotopic (exact) mass is 363 g/mol. The number of hydrogen-bond acceptors (Lipinski definition) is 3. The van der Waals surface area contributed by atoms with Crippen LogP contribution in [0.5, 0.6) is 0 Å². The molecule has 0 radical (unpaired) electrons. The van der Waals surface area contributed by atoms with E-state index in [1.807, 2.05) is 52.3 Å². The van der Waals surface area contributed by atoms with Gasteiger partial charge in [-0.3, -0.25) is 14.6 Å². The average molecular weight is 363 g/mol. The Balaban J connectivity index is 1.42. The summed E-state index contributed by atoms with van der Waals surface area (Å²) in [6.45, 7) is 2.17. The minimum atomic E-state index is 0.0820. The van der Waals surface area contributed by atoms with E-state index in [2.05, 4.69) is 4.98 Å². The summed E-state index contributed by atoms with van der Waals surface area (Å²) in [4.78, 5) is 33.8. The largest absolute Gasteiger partial charge is 0.338 e. The summed E-state index contributed by atoms with van der Waals surface area (Å²) in [7, 11) is 0. The Kier molecular flexibility index (Phi) is 5.19. The summed E-state index contributed by atoms with van der Waals surface area (Å²) < 4.78 is 0. The normalized spacial score (nSPS) is 21.8. The Morgan fingerprint density at radius 1 is 0.963 bits per heavy atom.